The van der Waals surface area contributed by atoms with Crippen molar-refractivity contribution in [3.05, 3.63) is 70.0 Å². The highest BCUT2D eigenvalue weighted by atomic mass is 16.2. The minimum atomic E-state index is -0.395. The normalized spacial score (nSPS) is 14.6. The number of hydrogen-bond donors (Lipinski definition) is 1. The molecular formula is C21H20N4O3. The Labute approximate surface area is 161 Å². The van der Waals surface area contributed by atoms with Gasteiger partial charge in [0.1, 0.15) is 11.5 Å². The highest BCUT2D eigenvalue weighted by molar-refractivity contribution is 6.02. The second kappa shape index (κ2) is 6.67. The molecule has 142 valence electrons. The average molecular weight is 376 g/mol. The molecule has 2 aromatic heterocycles. The Hall–Kier alpha value is -3.35. The molecule has 1 aromatic carbocycles. The Morgan fingerprint density at radius 2 is 2.04 bits per heavy atom. The van der Waals surface area contributed by atoms with Gasteiger partial charge in [-0.15, -0.1) is 0 Å². The van der Waals surface area contributed by atoms with E-state index in [0.29, 0.717) is 35.1 Å². The van der Waals surface area contributed by atoms with Gasteiger partial charge in [-0.3, -0.25) is 23.9 Å². The molecule has 4 rings (SSSR count). The number of rotatable bonds is 4. The van der Waals surface area contributed by atoms with Gasteiger partial charge < -0.3 is 5.32 Å². The van der Waals surface area contributed by atoms with Gasteiger partial charge in [0.25, 0.3) is 11.5 Å². The van der Waals surface area contributed by atoms with E-state index in [-0.39, 0.29) is 23.3 Å². The first kappa shape index (κ1) is 18.0. The number of Topliss-reactive ketones (excluding diaryl/α,β-unsaturated/α-hetero) is 1. The Morgan fingerprint density at radius 1 is 1.21 bits per heavy atom. The van der Waals surface area contributed by atoms with Gasteiger partial charge in [-0.05, 0) is 35.7 Å². The lowest BCUT2D eigenvalue weighted by Gasteiger charge is -2.13. The Kier molecular flexibility index (Phi) is 4.30. The van der Waals surface area contributed by atoms with Crippen molar-refractivity contribution in [3.63, 3.8) is 0 Å². The number of carbonyl (C=O) groups is 2. The summed E-state index contributed by atoms with van der Waals surface area (Å²) in [5.74, 6) is 0.0745. The zero-order chi connectivity index (χ0) is 19.9. The van der Waals surface area contributed by atoms with Gasteiger partial charge in [0.05, 0.1) is 17.4 Å². The first-order valence-corrected chi connectivity index (χ1v) is 9.10. The molecule has 1 aliphatic rings. The van der Waals surface area contributed by atoms with Gasteiger partial charge in [-0.2, -0.15) is 0 Å². The van der Waals surface area contributed by atoms with Gasteiger partial charge in [0.2, 0.25) is 0 Å². The van der Waals surface area contributed by atoms with E-state index in [1.54, 1.807) is 41.0 Å². The number of benzene rings is 1. The van der Waals surface area contributed by atoms with Gasteiger partial charge in [-0.1, -0.05) is 19.9 Å². The summed E-state index contributed by atoms with van der Waals surface area (Å²) in [5, 5.41) is 3.09. The molecule has 0 spiro atoms. The molecule has 0 atom stereocenters. The highest BCUT2D eigenvalue weighted by Crippen LogP contribution is 2.29. The minimum absolute atomic E-state index is 0.0113. The predicted molar refractivity (Wildman–Crippen MR) is 104 cm³/mol. The zero-order valence-electron chi connectivity index (χ0n) is 15.7. The summed E-state index contributed by atoms with van der Waals surface area (Å²) in [7, 11) is 0. The Morgan fingerprint density at radius 3 is 2.79 bits per heavy atom. The summed E-state index contributed by atoms with van der Waals surface area (Å²) in [5.41, 5.74) is 1.06. The van der Waals surface area contributed by atoms with Crippen LogP contribution in [-0.4, -0.2) is 32.8 Å². The lowest BCUT2D eigenvalue weighted by Crippen LogP contribution is -2.30. The number of hydrogen-bond acceptors (Lipinski definition) is 5. The molecule has 0 saturated carbocycles. The van der Waals surface area contributed by atoms with Crippen LogP contribution in [0.15, 0.2) is 47.4 Å². The molecule has 0 saturated heterocycles. The van der Waals surface area contributed by atoms with E-state index in [1.165, 1.54) is 6.20 Å². The molecule has 0 unspecified atom stereocenters. The van der Waals surface area contributed by atoms with Crippen molar-refractivity contribution < 1.29 is 9.59 Å². The van der Waals surface area contributed by atoms with Crippen LogP contribution in [-0.2, 0) is 13.0 Å². The van der Waals surface area contributed by atoms with E-state index in [4.69, 9.17) is 0 Å². The molecule has 0 fully saturated rings. The van der Waals surface area contributed by atoms with Crippen molar-refractivity contribution in [2.75, 3.05) is 6.54 Å². The minimum Gasteiger partial charge on any atom is -0.345 e. The van der Waals surface area contributed by atoms with Crippen molar-refractivity contribution in [2.24, 2.45) is 5.41 Å². The number of pyridine rings is 1. The monoisotopic (exact) mass is 376 g/mol. The van der Waals surface area contributed by atoms with Gasteiger partial charge >= 0.3 is 0 Å². The predicted octanol–water partition coefficient (Wildman–Crippen LogP) is 1.99. The van der Waals surface area contributed by atoms with Crippen molar-refractivity contribution in [1.82, 2.24) is 19.9 Å². The quantitative estimate of drug-likeness (QED) is 0.703. The van der Waals surface area contributed by atoms with Crippen LogP contribution < -0.4 is 10.9 Å². The van der Waals surface area contributed by atoms with E-state index >= 15 is 0 Å². The van der Waals surface area contributed by atoms with Crippen LogP contribution in [0.5, 0.6) is 0 Å². The van der Waals surface area contributed by atoms with E-state index in [9.17, 15) is 14.4 Å². The maximum atomic E-state index is 12.7. The van der Waals surface area contributed by atoms with E-state index in [0.717, 1.165) is 5.82 Å². The Balaban J connectivity index is 1.56. The second-order valence-electron chi connectivity index (χ2n) is 7.81. The van der Waals surface area contributed by atoms with Crippen LogP contribution in [0.4, 0.5) is 0 Å². The van der Waals surface area contributed by atoms with Crippen LogP contribution >= 0.6 is 0 Å². The largest absolute Gasteiger partial charge is 0.345 e. The van der Waals surface area contributed by atoms with Crippen LogP contribution in [0.25, 0.3) is 10.9 Å². The lowest BCUT2D eigenvalue weighted by atomic mass is 9.92. The number of ketones is 1. The van der Waals surface area contributed by atoms with Gasteiger partial charge in [-0.25, -0.2) is 4.98 Å². The fourth-order valence-electron chi connectivity index (χ4n) is 3.50. The van der Waals surface area contributed by atoms with E-state index in [1.807, 2.05) is 0 Å². The van der Waals surface area contributed by atoms with E-state index < -0.39 is 5.91 Å². The smallest absolute Gasteiger partial charge is 0.261 e. The van der Waals surface area contributed by atoms with Crippen LogP contribution in [0.2, 0.25) is 0 Å². The van der Waals surface area contributed by atoms with E-state index in [2.05, 4.69) is 29.1 Å². The fourth-order valence-corrected chi connectivity index (χ4v) is 3.50. The third-order valence-electron chi connectivity index (χ3n) is 4.88. The number of nitrogens with one attached hydrogen (secondary N) is 1. The SMILES string of the molecule is CC1(C)Cc2nc3cc(C(=O)NCC(=O)c4ccccn4)ccc3c(=O)n2C1. The molecule has 7 nitrogen and oxygen atoms in total. The molecule has 3 aromatic rings. The number of fused-ring (bicyclic) bond motifs is 2. The standard InChI is InChI=1S/C21H20N4O3/c1-21(2)10-18-24-16-9-13(6-7-14(16)20(28)25(18)12-21)19(27)23-11-17(26)15-5-3-4-8-22-15/h3-9H,10-12H2,1-2H3,(H,23,27). The van der Waals surface area contributed by atoms with Crippen molar-refractivity contribution in [2.45, 2.75) is 26.8 Å². The van der Waals surface area contributed by atoms with Crippen LogP contribution in [0.1, 0.15) is 40.5 Å². The summed E-state index contributed by atoms with van der Waals surface area (Å²) in [4.78, 5) is 45.9. The maximum Gasteiger partial charge on any atom is 0.261 e. The third-order valence-corrected chi connectivity index (χ3v) is 4.88. The summed E-state index contributed by atoms with van der Waals surface area (Å²) in [6.07, 6.45) is 2.25. The fraction of sp³-hybridized carbons (Fsp3) is 0.286. The summed E-state index contributed by atoms with van der Waals surface area (Å²) < 4.78 is 1.72. The van der Waals surface area contributed by atoms with Gasteiger partial charge in [0, 0.05) is 24.7 Å². The molecule has 28 heavy (non-hydrogen) atoms. The molecular weight excluding hydrogens is 356 g/mol. The first-order valence-electron chi connectivity index (χ1n) is 9.10. The zero-order valence-corrected chi connectivity index (χ0v) is 15.7. The molecule has 0 aliphatic carbocycles. The molecule has 0 bridgehead atoms. The van der Waals surface area contributed by atoms with Crippen LogP contribution in [0, 0.1) is 5.41 Å². The topological polar surface area (TPSA) is 94.0 Å². The maximum absolute atomic E-state index is 12.7. The first-order chi connectivity index (χ1) is 13.3. The summed E-state index contributed by atoms with van der Waals surface area (Å²) in [6.45, 7) is 4.69. The third kappa shape index (κ3) is 3.31. The lowest BCUT2D eigenvalue weighted by molar-refractivity contribution is 0.0902. The summed E-state index contributed by atoms with van der Waals surface area (Å²) >= 11 is 0. The Bertz CT molecular complexity index is 1150. The molecule has 7 heteroatoms. The average Bonchev–Trinajstić information content (AvgIpc) is 3.00. The highest BCUT2D eigenvalue weighted by Gasteiger charge is 2.31. The van der Waals surface area contributed by atoms with Gasteiger partial charge in [0.15, 0.2) is 5.78 Å². The molecule has 0 radical (unpaired) electrons. The molecule has 3 heterocycles. The van der Waals surface area contributed by atoms with Crippen LogP contribution in [0.3, 0.4) is 0 Å². The van der Waals surface area contributed by atoms with Crippen molar-refractivity contribution in [1.29, 1.82) is 0 Å². The van der Waals surface area contributed by atoms with Crippen molar-refractivity contribution >= 4 is 22.6 Å². The number of amides is 1. The second-order valence-corrected chi connectivity index (χ2v) is 7.81. The number of aromatic nitrogens is 3. The van der Waals surface area contributed by atoms with Crippen molar-refractivity contribution in [3.8, 4) is 0 Å². The molecule has 1 aliphatic heterocycles. The molecule has 1 N–H and O–H groups in total. The molecule has 1 amide bonds. The number of carbonyl (C=O) groups excluding carboxylic acids is 2. The number of nitrogens with zero attached hydrogens (tertiary/aromatic N) is 3. The summed E-state index contributed by atoms with van der Waals surface area (Å²) in [6, 6.07) is 9.85.